The quantitative estimate of drug-likeness (QED) is 0.521. The van der Waals surface area contributed by atoms with E-state index in [2.05, 4.69) is 60.7 Å². The average Bonchev–Trinajstić information content (AvgIpc) is 2.63. The van der Waals surface area contributed by atoms with Gasteiger partial charge in [-0.25, -0.2) is 0 Å². The molecule has 2 aromatic carbocycles. The molecule has 0 spiro atoms. The lowest BCUT2D eigenvalue weighted by molar-refractivity contribution is 0.847. The van der Waals surface area contributed by atoms with Gasteiger partial charge in [0.15, 0.2) is 0 Å². The van der Waals surface area contributed by atoms with Gasteiger partial charge in [0.1, 0.15) is 0 Å². The molecule has 0 N–H and O–H groups in total. The zero-order valence-electron chi connectivity index (χ0n) is 14.7. The fraction of sp³-hybridized carbons (Fsp3) is 0.455. The van der Waals surface area contributed by atoms with Gasteiger partial charge in [0.2, 0.25) is 0 Å². The van der Waals surface area contributed by atoms with Crippen molar-refractivity contribution in [3.63, 3.8) is 0 Å². The highest BCUT2D eigenvalue weighted by molar-refractivity contribution is 7.57. The predicted octanol–water partition coefficient (Wildman–Crippen LogP) is 6.92. The summed E-state index contributed by atoms with van der Waals surface area (Å²) in [4.78, 5) is 0. The topological polar surface area (TPSA) is 0 Å². The fourth-order valence-corrected chi connectivity index (χ4v) is 8.78. The van der Waals surface area contributed by atoms with Crippen molar-refractivity contribution in [2.75, 3.05) is 24.6 Å². The van der Waals surface area contributed by atoms with Crippen LogP contribution in [0.1, 0.15) is 36.8 Å². The third kappa shape index (κ3) is 6.31. The number of hydrogen-bond donors (Lipinski definition) is 0. The molecule has 1 heterocycles. The van der Waals surface area contributed by atoms with E-state index >= 15 is 0 Å². The SMILES string of the molecule is c1ccc(CP2CCCCP(Cc3ccccc3)CCCC2)cc1. The third-order valence-electron chi connectivity index (χ3n) is 4.90. The second-order valence-electron chi connectivity index (χ2n) is 6.94. The van der Waals surface area contributed by atoms with Crippen LogP contribution in [0.2, 0.25) is 0 Å². The molecule has 1 aliphatic heterocycles. The smallest absolute Gasteiger partial charge is 0.00731 e. The van der Waals surface area contributed by atoms with Crippen LogP contribution < -0.4 is 0 Å². The maximum Gasteiger partial charge on any atom is -0.00731 e. The first-order valence-electron chi connectivity index (χ1n) is 9.43. The number of benzene rings is 2. The Bertz CT molecular complexity index is 502. The largest absolute Gasteiger partial charge is 0.102 e. The molecule has 3 rings (SSSR count). The van der Waals surface area contributed by atoms with E-state index in [1.165, 1.54) is 62.7 Å². The molecule has 0 bridgehead atoms. The normalized spacial score (nSPS) is 22.8. The zero-order chi connectivity index (χ0) is 16.5. The Kier molecular flexibility index (Phi) is 7.79. The predicted molar refractivity (Wildman–Crippen MR) is 112 cm³/mol. The molecular formula is C22H30P2. The summed E-state index contributed by atoms with van der Waals surface area (Å²) < 4.78 is 0. The van der Waals surface area contributed by atoms with E-state index in [-0.39, 0.29) is 15.8 Å². The summed E-state index contributed by atoms with van der Waals surface area (Å²) in [5.41, 5.74) is 3.12. The maximum absolute atomic E-state index is 2.32. The highest BCUT2D eigenvalue weighted by Gasteiger charge is 2.14. The Morgan fingerprint density at radius 3 is 1.17 bits per heavy atom. The van der Waals surface area contributed by atoms with Crippen molar-refractivity contribution in [1.29, 1.82) is 0 Å². The van der Waals surface area contributed by atoms with Gasteiger partial charge in [0.05, 0.1) is 0 Å². The van der Waals surface area contributed by atoms with E-state index in [1.807, 2.05) is 0 Å². The van der Waals surface area contributed by atoms with E-state index in [0.717, 1.165) is 0 Å². The summed E-state index contributed by atoms with van der Waals surface area (Å²) in [6, 6.07) is 22.3. The second-order valence-corrected chi connectivity index (χ2v) is 12.0. The first-order chi connectivity index (χ1) is 11.9. The van der Waals surface area contributed by atoms with E-state index in [9.17, 15) is 0 Å². The van der Waals surface area contributed by atoms with Crippen molar-refractivity contribution in [3.8, 4) is 0 Å². The minimum absolute atomic E-state index is 0.224. The van der Waals surface area contributed by atoms with Gasteiger partial charge in [0, 0.05) is 0 Å². The molecule has 1 saturated heterocycles. The summed E-state index contributed by atoms with van der Waals surface area (Å²) in [7, 11) is 0.449. The molecule has 0 atom stereocenters. The summed E-state index contributed by atoms with van der Waals surface area (Å²) in [6.45, 7) is 0. The molecule has 2 aromatic rings. The minimum atomic E-state index is 0.224. The lowest BCUT2D eigenvalue weighted by Gasteiger charge is -2.23. The molecule has 0 aromatic heterocycles. The van der Waals surface area contributed by atoms with Crippen LogP contribution >= 0.6 is 15.8 Å². The van der Waals surface area contributed by atoms with Crippen LogP contribution in [0.25, 0.3) is 0 Å². The summed E-state index contributed by atoms with van der Waals surface area (Å²) in [5.74, 6) is 0. The van der Waals surface area contributed by atoms with Gasteiger partial charge in [-0.3, -0.25) is 0 Å². The Morgan fingerprint density at radius 2 is 0.833 bits per heavy atom. The van der Waals surface area contributed by atoms with Crippen LogP contribution in [0, 0.1) is 0 Å². The molecule has 1 fully saturated rings. The summed E-state index contributed by atoms with van der Waals surface area (Å²) in [5, 5.41) is 0. The lowest BCUT2D eigenvalue weighted by Crippen LogP contribution is -2.02. The number of hydrogen-bond acceptors (Lipinski definition) is 0. The van der Waals surface area contributed by atoms with Crippen molar-refractivity contribution in [1.82, 2.24) is 0 Å². The van der Waals surface area contributed by atoms with Gasteiger partial charge in [-0.15, -0.1) is 15.8 Å². The molecule has 128 valence electrons. The molecule has 0 unspecified atom stereocenters. The second kappa shape index (κ2) is 10.3. The van der Waals surface area contributed by atoms with Crippen LogP contribution in [-0.4, -0.2) is 24.6 Å². The van der Waals surface area contributed by atoms with Crippen LogP contribution in [0.3, 0.4) is 0 Å². The highest BCUT2D eigenvalue weighted by atomic mass is 31.1. The lowest BCUT2D eigenvalue weighted by atomic mass is 10.2. The molecular weight excluding hydrogens is 326 g/mol. The summed E-state index contributed by atoms with van der Waals surface area (Å²) in [6.07, 6.45) is 14.6. The van der Waals surface area contributed by atoms with E-state index < -0.39 is 0 Å². The van der Waals surface area contributed by atoms with Crippen molar-refractivity contribution in [3.05, 3.63) is 71.8 Å². The molecule has 0 nitrogen and oxygen atoms in total. The van der Waals surface area contributed by atoms with Crippen molar-refractivity contribution >= 4 is 15.8 Å². The van der Waals surface area contributed by atoms with Crippen molar-refractivity contribution in [2.45, 2.75) is 38.0 Å². The highest BCUT2D eigenvalue weighted by Crippen LogP contribution is 2.46. The summed E-state index contributed by atoms with van der Waals surface area (Å²) >= 11 is 0. The Morgan fingerprint density at radius 1 is 0.500 bits per heavy atom. The van der Waals surface area contributed by atoms with Crippen molar-refractivity contribution < 1.29 is 0 Å². The van der Waals surface area contributed by atoms with Gasteiger partial charge in [-0.2, -0.15) is 0 Å². The Hall–Kier alpha value is -0.700. The first kappa shape index (κ1) is 18.1. The Labute approximate surface area is 150 Å². The zero-order valence-corrected chi connectivity index (χ0v) is 16.5. The van der Waals surface area contributed by atoms with Gasteiger partial charge in [-0.1, -0.05) is 60.7 Å². The van der Waals surface area contributed by atoms with E-state index in [0.29, 0.717) is 0 Å². The molecule has 0 saturated carbocycles. The van der Waals surface area contributed by atoms with Gasteiger partial charge in [-0.05, 0) is 73.8 Å². The maximum atomic E-state index is 2.32. The third-order valence-corrected chi connectivity index (χ3v) is 10.3. The van der Waals surface area contributed by atoms with E-state index in [4.69, 9.17) is 0 Å². The van der Waals surface area contributed by atoms with Crippen LogP contribution in [0.5, 0.6) is 0 Å². The van der Waals surface area contributed by atoms with Gasteiger partial charge >= 0.3 is 0 Å². The van der Waals surface area contributed by atoms with Crippen LogP contribution in [-0.2, 0) is 12.3 Å². The van der Waals surface area contributed by atoms with Gasteiger partial charge in [0.25, 0.3) is 0 Å². The fourth-order valence-electron chi connectivity index (χ4n) is 3.56. The van der Waals surface area contributed by atoms with Crippen LogP contribution in [0.15, 0.2) is 60.7 Å². The minimum Gasteiger partial charge on any atom is -0.102 e. The number of rotatable bonds is 4. The van der Waals surface area contributed by atoms with E-state index in [1.54, 1.807) is 11.1 Å². The first-order valence-corrected chi connectivity index (χ1v) is 13.2. The standard InChI is InChI=1S/C22H30P2/c1-3-11-21(12-4-1)19-23-15-7-9-17-24(18-10-8-16-23)20-22-13-5-2-6-14-22/h1-6,11-14H,7-10,15-20H2. The van der Waals surface area contributed by atoms with Gasteiger partial charge < -0.3 is 0 Å². The molecule has 0 aliphatic carbocycles. The average molecular weight is 356 g/mol. The molecule has 2 heteroatoms. The van der Waals surface area contributed by atoms with Crippen molar-refractivity contribution in [2.24, 2.45) is 0 Å². The molecule has 0 radical (unpaired) electrons. The molecule has 24 heavy (non-hydrogen) atoms. The van der Waals surface area contributed by atoms with Crippen LogP contribution in [0.4, 0.5) is 0 Å². The monoisotopic (exact) mass is 356 g/mol. The molecule has 1 aliphatic rings. The molecule has 0 amide bonds. The Balaban J connectivity index is 1.47.